The van der Waals surface area contributed by atoms with E-state index in [2.05, 4.69) is 0 Å². The smallest absolute Gasteiger partial charge is 0.411 e. The summed E-state index contributed by atoms with van der Waals surface area (Å²) in [5.74, 6) is -0.570. The molecule has 5 heteroatoms. The molecule has 5 nitrogen and oxygen atoms in total. The molecule has 0 aliphatic carbocycles. The minimum absolute atomic E-state index is 0.0525. The molecule has 0 aliphatic heterocycles. The van der Waals surface area contributed by atoms with Gasteiger partial charge in [-0.2, -0.15) is 0 Å². The fourth-order valence-electron chi connectivity index (χ4n) is 3.27. The largest absolute Gasteiger partial charge is 0.466 e. The molecule has 0 N–H and O–H groups in total. The van der Waals surface area contributed by atoms with Crippen LogP contribution >= 0.6 is 0 Å². The average Bonchev–Trinajstić information content (AvgIpc) is 2.52. The number of ether oxygens (including phenoxy) is 2. The summed E-state index contributed by atoms with van der Waals surface area (Å²) < 4.78 is 11.0. The normalized spacial score (nSPS) is 14.1. The van der Waals surface area contributed by atoms with Crippen molar-refractivity contribution in [2.24, 2.45) is 5.41 Å². The Balaban J connectivity index is 3.47. The average molecular weight is 363 g/mol. The topological polar surface area (TPSA) is 55.8 Å². The highest BCUT2D eigenvalue weighted by Gasteiger charge is 2.49. The molecule has 0 saturated carbocycles. The van der Waals surface area contributed by atoms with Crippen molar-refractivity contribution in [3.05, 3.63) is 35.9 Å². The number of methoxy groups -OCH3 is 1. The standard InChI is InChI=1S/C21H33NO4/c1-15(2)22(16(3)4)19(24)26-21(18(23)25-8,14-20(5,6)7)17-12-10-9-11-13-17/h9-13,15-16H,14H2,1-8H3/t21-/m0/s1. The Morgan fingerprint density at radius 2 is 1.50 bits per heavy atom. The van der Waals surface area contributed by atoms with Gasteiger partial charge in [-0.15, -0.1) is 0 Å². The van der Waals surface area contributed by atoms with Crippen LogP contribution in [-0.2, 0) is 19.9 Å². The van der Waals surface area contributed by atoms with Gasteiger partial charge in [0.05, 0.1) is 7.11 Å². The van der Waals surface area contributed by atoms with Crippen LogP contribution in [0.15, 0.2) is 30.3 Å². The van der Waals surface area contributed by atoms with E-state index in [1.807, 2.05) is 66.7 Å². The first-order valence-corrected chi connectivity index (χ1v) is 9.10. The SMILES string of the molecule is COC(=O)[C@@](CC(C)(C)C)(OC(=O)N(C(C)C)C(C)C)c1ccccc1. The zero-order chi connectivity index (χ0) is 20.1. The number of esters is 1. The van der Waals surface area contributed by atoms with Crippen molar-refractivity contribution in [1.29, 1.82) is 0 Å². The van der Waals surface area contributed by atoms with E-state index in [1.54, 1.807) is 17.0 Å². The Hall–Kier alpha value is -2.04. The molecular weight excluding hydrogens is 330 g/mol. The minimum Gasteiger partial charge on any atom is -0.466 e. The summed E-state index contributed by atoms with van der Waals surface area (Å²) in [6, 6.07) is 9.00. The first-order valence-electron chi connectivity index (χ1n) is 9.10. The maximum absolute atomic E-state index is 13.0. The van der Waals surface area contributed by atoms with Gasteiger partial charge in [0.15, 0.2) is 0 Å². The highest BCUT2D eigenvalue weighted by molar-refractivity contribution is 5.84. The zero-order valence-electron chi connectivity index (χ0n) is 17.3. The van der Waals surface area contributed by atoms with Gasteiger partial charge in [0.2, 0.25) is 5.60 Å². The summed E-state index contributed by atoms with van der Waals surface area (Å²) in [4.78, 5) is 27.5. The fourth-order valence-corrected chi connectivity index (χ4v) is 3.27. The summed E-state index contributed by atoms with van der Waals surface area (Å²) >= 11 is 0. The van der Waals surface area contributed by atoms with Crippen molar-refractivity contribution < 1.29 is 19.1 Å². The van der Waals surface area contributed by atoms with Gasteiger partial charge in [-0.1, -0.05) is 51.1 Å². The van der Waals surface area contributed by atoms with E-state index >= 15 is 0 Å². The molecule has 26 heavy (non-hydrogen) atoms. The lowest BCUT2D eigenvalue weighted by Crippen LogP contribution is -2.50. The number of nitrogens with zero attached hydrogens (tertiary/aromatic N) is 1. The zero-order valence-corrected chi connectivity index (χ0v) is 17.3. The summed E-state index contributed by atoms with van der Waals surface area (Å²) in [7, 11) is 1.32. The Bertz CT molecular complexity index is 596. The molecule has 0 aliphatic rings. The van der Waals surface area contributed by atoms with Gasteiger partial charge in [0, 0.05) is 24.1 Å². The maximum atomic E-state index is 13.0. The first-order chi connectivity index (χ1) is 11.9. The second-order valence-electron chi connectivity index (χ2n) is 8.38. The first kappa shape index (κ1) is 22.0. The van der Waals surface area contributed by atoms with Gasteiger partial charge < -0.3 is 14.4 Å². The summed E-state index contributed by atoms with van der Waals surface area (Å²) in [6.07, 6.45) is -0.208. The Morgan fingerprint density at radius 1 is 1.00 bits per heavy atom. The summed E-state index contributed by atoms with van der Waals surface area (Å²) in [6.45, 7) is 13.7. The van der Waals surface area contributed by atoms with Crippen LogP contribution < -0.4 is 0 Å². The molecule has 1 aromatic carbocycles. The predicted octanol–water partition coefficient (Wildman–Crippen LogP) is 4.75. The van der Waals surface area contributed by atoms with E-state index in [1.165, 1.54) is 7.11 Å². The van der Waals surface area contributed by atoms with Crippen LogP contribution in [-0.4, -0.2) is 36.2 Å². The van der Waals surface area contributed by atoms with Crippen molar-refractivity contribution in [1.82, 2.24) is 4.90 Å². The second kappa shape index (κ2) is 8.56. The van der Waals surface area contributed by atoms with Crippen LogP contribution in [0.25, 0.3) is 0 Å². The van der Waals surface area contributed by atoms with Crippen molar-refractivity contribution in [2.75, 3.05) is 7.11 Å². The van der Waals surface area contributed by atoms with Gasteiger partial charge >= 0.3 is 12.1 Å². The van der Waals surface area contributed by atoms with E-state index in [4.69, 9.17) is 9.47 Å². The molecule has 146 valence electrons. The molecular formula is C21H33NO4. The number of carbonyl (C=O) groups is 2. The molecule has 1 atom stereocenters. The predicted molar refractivity (Wildman–Crippen MR) is 103 cm³/mol. The monoisotopic (exact) mass is 363 g/mol. The Kier molecular flexibility index (Phi) is 7.25. The molecule has 0 fully saturated rings. The van der Waals surface area contributed by atoms with E-state index in [9.17, 15) is 9.59 Å². The molecule has 0 radical (unpaired) electrons. The van der Waals surface area contributed by atoms with Gasteiger partial charge in [-0.3, -0.25) is 0 Å². The second-order valence-corrected chi connectivity index (χ2v) is 8.38. The van der Waals surface area contributed by atoms with Crippen molar-refractivity contribution in [3.8, 4) is 0 Å². The van der Waals surface area contributed by atoms with Crippen molar-refractivity contribution >= 4 is 12.1 Å². The summed E-state index contributed by atoms with van der Waals surface area (Å²) in [5.41, 5.74) is -1.15. The molecule has 1 rings (SSSR count). The molecule has 0 unspecified atom stereocenters. The minimum atomic E-state index is -1.49. The van der Waals surface area contributed by atoms with E-state index in [0.717, 1.165) is 0 Å². The fraction of sp³-hybridized carbons (Fsp3) is 0.619. The van der Waals surface area contributed by atoms with Crippen LogP contribution in [0.2, 0.25) is 0 Å². The number of hydrogen-bond acceptors (Lipinski definition) is 4. The maximum Gasteiger partial charge on any atom is 0.411 e. The van der Waals surface area contributed by atoms with Crippen molar-refractivity contribution in [2.45, 2.75) is 72.6 Å². The summed E-state index contributed by atoms with van der Waals surface area (Å²) in [5, 5.41) is 0. The van der Waals surface area contributed by atoms with Crippen LogP contribution in [0.5, 0.6) is 0 Å². The lowest BCUT2D eigenvalue weighted by Gasteiger charge is -2.39. The molecule has 0 bridgehead atoms. The van der Waals surface area contributed by atoms with Gasteiger partial charge in [0.1, 0.15) is 0 Å². The van der Waals surface area contributed by atoms with Crippen LogP contribution in [0, 0.1) is 5.41 Å². The highest BCUT2D eigenvalue weighted by atomic mass is 16.6. The van der Waals surface area contributed by atoms with E-state index in [0.29, 0.717) is 12.0 Å². The molecule has 0 heterocycles. The van der Waals surface area contributed by atoms with Crippen LogP contribution in [0.4, 0.5) is 4.79 Å². The van der Waals surface area contributed by atoms with Gasteiger partial charge in [-0.05, 0) is 33.1 Å². The number of amides is 1. The number of benzene rings is 1. The number of rotatable bonds is 6. The molecule has 1 amide bonds. The molecule has 0 aromatic heterocycles. The van der Waals surface area contributed by atoms with Gasteiger partial charge in [-0.25, -0.2) is 9.59 Å². The molecule has 0 saturated heterocycles. The molecule has 1 aromatic rings. The lowest BCUT2D eigenvalue weighted by atomic mass is 9.78. The quantitative estimate of drug-likeness (QED) is 0.685. The van der Waals surface area contributed by atoms with Gasteiger partial charge in [0.25, 0.3) is 0 Å². The number of carbonyl (C=O) groups excluding carboxylic acids is 2. The highest BCUT2D eigenvalue weighted by Crippen LogP contribution is 2.40. The van der Waals surface area contributed by atoms with Crippen molar-refractivity contribution in [3.63, 3.8) is 0 Å². The van der Waals surface area contributed by atoms with Crippen LogP contribution in [0.1, 0.15) is 60.5 Å². The lowest BCUT2D eigenvalue weighted by molar-refractivity contribution is -0.169. The van der Waals surface area contributed by atoms with E-state index < -0.39 is 17.7 Å². The van der Waals surface area contributed by atoms with E-state index in [-0.39, 0.29) is 17.5 Å². The third-order valence-corrected chi connectivity index (χ3v) is 4.12. The molecule has 0 spiro atoms. The Labute approximate surface area is 157 Å². The Morgan fingerprint density at radius 3 is 1.88 bits per heavy atom. The number of hydrogen-bond donors (Lipinski definition) is 0. The third kappa shape index (κ3) is 5.23. The van der Waals surface area contributed by atoms with Crippen LogP contribution in [0.3, 0.4) is 0 Å². The third-order valence-electron chi connectivity index (χ3n) is 4.12.